The summed E-state index contributed by atoms with van der Waals surface area (Å²) in [6.45, 7) is 0. The van der Waals surface area contributed by atoms with E-state index in [2.05, 4.69) is 15.0 Å². The Bertz CT molecular complexity index is 455. The molecule has 6 N–H and O–H groups in total. The lowest BCUT2D eigenvalue weighted by Crippen LogP contribution is -2.28. The number of H-pyrrole nitrogens is 1. The Hall–Kier alpha value is -1.48. The van der Waals surface area contributed by atoms with E-state index < -0.39 is 9.92 Å². The summed E-state index contributed by atoms with van der Waals surface area (Å²) < 4.78 is 18.1. The van der Waals surface area contributed by atoms with Gasteiger partial charge in [0, 0.05) is 14.1 Å². The second-order valence-electron chi connectivity index (χ2n) is 3.24. The molecule has 1 heterocycles. The van der Waals surface area contributed by atoms with E-state index in [0.29, 0.717) is 5.95 Å². The van der Waals surface area contributed by atoms with Crippen LogP contribution in [-0.4, -0.2) is 28.3 Å². The average molecular weight is 232 g/mol. The number of nitrogens with zero attached hydrogens (tertiary/aromatic N) is 3. The fraction of sp³-hybridized carbons (Fsp3) is 0.500. The minimum Gasteiger partial charge on any atom is -0.320 e. The van der Waals surface area contributed by atoms with Gasteiger partial charge in [0.15, 0.2) is 0 Å². The fourth-order valence-corrected chi connectivity index (χ4v) is 1.44. The van der Waals surface area contributed by atoms with Crippen LogP contribution in [0.25, 0.3) is 0 Å². The predicted octanol–water partition coefficient (Wildman–Crippen LogP) is -1.64. The molecule has 84 valence electrons. The van der Waals surface area contributed by atoms with Crippen LogP contribution in [0.5, 0.6) is 0 Å². The van der Waals surface area contributed by atoms with E-state index in [-0.39, 0.29) is 17.5 Å². The van der Waals surface area contributed by atoms with Crippen LogP contribution >= 0.6 is 0 Å². The lowest BCUT2D eigenvalue weighted by Gasteiger charge is -2.05. The van der Waals surface area contributed by atoms with Crippen molar-refractivity contribution in [1.82, 2.24) is 9.97 Å². The zero-order valence-electron chi connectivity index (χ0n) is 8.52. The molecule has 1 atom stereocenters. The molecule has 8 nitrogen and oxygen atoms in total. The highest BCUT2D eigenvalue weighted by molar-refractivity contribution is 7.89. The van der Waals surface area contributed by atoms with Gasteiger partial charge >= 0.3 is 11.9 Å². The molecule has 0 aliphatic carbocycles. The van der Waals surface area contributed by atoms with Gasteiger partial charge in [-0.2, -0.15) is 0 Å². The van der Waals surface area contributed by atoms with Crippen LogP contribution in [0.15, 0.2) is 0 Å². The molecule has 1 aromatic rings. The van der Waals surface area contributed by atoms with Crippen molar-refractivity contribution in [2.24, 2.45) is 5.14 Å². The van der Waals surface area contributed by atoms with Gasteiger partial charge in [0.1, 0.15) is 15.7 Å². The monoisotopic (exact) mass is 232 g/mol. The van der Waals surface area contributed by atoms with Crippen molar-refractivity contribution in [2.75, 3.05) is 24.7 Å². The molecule has 15 heavy (non-hydrogen) atoms. The normalized spacial score (nSPS) is 14.6. The highest BCUT2D eigenvalue weighted by Gasteiger charge is 2.15. The van der Waals surface area contributed by atoms with Crippen LogP contribution in [0.2, 0.25) is 0 Å². The molecule has 1 aromatic heterocycles. The third-order valence-electron chi connectivity index (χ3n) is 1.49. The summed E-state index contributed by atoms with van der Waals surface area (Å²) in [5.74, 6) is 0.596. The molecule has 0 saturated carbocycles. The van der Waals surface area contributed by atoms with Crippen molar-refractivity contribution >= 4 is 21.8 Å². The smallest absolute Gasteiger partial charge is 0.320 e. The third-order valence-corrected chi connectivity index (χ3v) is 2.18. The first-order valence-corrected chi connectivity index (χ1v) is 5.84. The molecule has 0 fully saturated rings. The van der Waals surface area contributed by atoms with E-state index in [4.69, 9.17) is 15.7 Å². The molecular formula is C6H14N7OS+. The van der Waals surface area contributed by atoms with Crippen molar-refractivity contribution in [3.8, 4) is 0 Å². The van der Waals surface area contributed by atoms with Crippen LogP contribution in [0.4, 0.5) is 11.9 Å². The van der Waals surface area contributed by atoms with Crippen molar-refractivity contribution in [3.63, 3.8) is 0 Å². The molecule has 0 radical (unpaired) electrons. The Morgan fingerprint density at radius 3 is 2.60 bits per heavy atom. The van der Waals surface area contributed by atoms with Crippen LogP contribution in [0.1, 0.15) is 5.82 Å². The number of nitrogens with two attached hydrogens (primary N) is 2. The van der Waals surface area contributed by atoms with Crippen LogP contribution in [-0.2, 0) is 15.7 Å². The topological polar surface area (TPSA) is 136 Å². The van der Waals surface area contributed by atoms with Gasteiger partial charge in [-0.05, 0) is 0 Å². The van der Waals surface area contributed by atoms with E-state index in [1.54, 1.807) is 19.0 Å². The van der Waals surface area contributed by atoms with E-state index in [9.17, 15) is 4.21 Å². The highest BCUT2D eigenvalue weighted by atomic mass is 32.2. The van der Waals surface area contributed by atoms with Crippen LogP contribution in [0.3, 0.4) is 0 Å². The van der Waals surface area contributed by atoms with Crippen molar-refractivity contribution in [3.05, 3.63) is 5.82 Å². The molecule has 0 amide bonds. The number of nitrogens with one attached hydrogen (secondary N) is 2. The lowest BCUT2D eigenvalue weighted by atomic mass is 10.6. The predicted molar refractivity (Wildman–Crippen MR) is 56.1 cm³/mol. The Kier molecular flexibility index (Phi) is 3.05. The number of rotatable bonds is 3. The second kappa shape index (κ2) is 3.95. The van der Waals surface area contributed by atoms with Crippen molar-refractivity contribution in [2.45, 2.75) is 5.75 Å². The van der Waals surface area contributed by atoms with E-state index in [0.717, 1.165) is 0 Å². The van der Waals surface area contributed by atoms with Gasteiger partial charge in [0.2, 0.25) is 5.82 Å². The molecule has 0 bridgehead atoms. The Labute approximate surface area is 87.8 Å². The maximum absolute atomic E-state index is 11.0. The molecule has 0 aliphatic heterocycles. The summed E-state index contributed by atoms with van der Waals surface area (Å²) in [4.78, 5) is 12.2. The SMILES string of the molecule is CN(C)c1nc(CS(=N)(N)=O)nc(N)[nH+]1. The highest BCUT2D eigenvalue weighted by Crippen LogP contribution is 2.02. The zero-order chi connectivity index (χ0) is 11.6. The molecule has 0 aromatic carbocycles. The van der Waals surface area contributed by atoms with Crippen LogP contribution in [0, 0.1) is 4.78 Å². The summed E-state index contributed by atoms with van der Waals surface area (Å²) >= 11 is 0. The van der Waals surface area contributed by atoms with Gasteiger partial charge in [0.25, 0.3) is 0 Å². The summed E-state index contributed by atoms with van der Waals surface area (Å²) in [6, 6.07) is 0. The Morgan fingerprint density at radius 1 is 1.53 bits per heavy atom. The first-order valence-electron chi connectivity index (χ1n) is 4.05. The summed E-state index contributed by atoms with van der Waals surface area (Å²) in [5, 5.41) is 5.09. The summed E-state index contributed by atoms with van der Waals surface area (Å²) in [5.41, 5.74) is 5.49. The quantitative estimate of drug-likeness (QED) is 0.574. The van der Waals surface area contributed by atoms with Gasteiger partial charge in [-0.1, -0.05) is 0 Å². The van der Waals surface area contributed by atoms with Gasteiger partial charge < -0.3 is 5.73 Å². The third kappa shape index (κ3) is 3.64. The summed E-state index contributed by atoms with van der Waals surface area (Å²) in [6.07, 6.45) is 0. The average Bonchev–Trinajstić information content (AvgIpc) is 1.99. The number of aromatic nitrogens is 3. The maximum atomic E-state index is 11.0. The van der Waals surface area contributed by atoms with E-state index in [1.165, 1.54) is 0 Å². The van der Waals surface area contributed by atoms with Crippen LogP contribution < -0.4 is 20.8 Å². The van der Waals surface area contributed by atoms with Gasteiger partial charge in [0.05, 0.1) is 0 Å². The molecule has 0 spiro atoms. The molecule has 0 saturated heterocycles. The van der Waals surface area contributed by atoms with Gasteiger partial charge in [-0.25, -0.2) is 19.1 Å². The number of hydrogen-bond acceptors (Lipinski definition) is 6. The molecule has 0 aliphatic rings. The minimum absolute atomic E-state index is 0.146. The number of anilines is 2. The molecular weight excluding hydrogens is 218 g/mol. The Balaban J connectivity index is 3.10. The first-order chi connectivity index (χ1) is 6.78. The summed E-state index contributed by atoms with van der Waals surface area (Å²) in [7, 11) is 0.383. The van der Waals surface area contributed by atoms with Gasteiger partial charge in [-0.15, -0.1) is 9.97 Å². The first kappa shape index (κ1) is 11.6. The lowest BCUT2D eigenvalue weighted by molar-refractivity contribution is -0.354. The second-order valence-corrected chi connectivity index (χ2v) is 4.98. The molecule has 1 unspecified atom stereocenters. The van der Waals surface area contributed by atoms with Crippen molar-refractivity contribution in [1.29, 1.82) is 4.78 Å². The zero-order valence-corrected chi connectivity index (χ0v) is 9.34. The Morgan fingerprint density at radius 2 is 2.13 bits per heavy atom. The number of hydrogen-bond donors (Lipinski definition) is 3. The number of aromatic amines is 1. The fourth-order valence-electron chi connectivity index (χ4n) is 0.925. The van der Waals surface area contributed by atoms with Gasteiger partial charge in [-0.3, -0.25) is 4.90 Å². The van der Waals surface area contributed by atoms with Crippen molar-refractivity contribution < 1.29 is 9.19 Å². The maximum Gasteiger partial charge on any atom is 0.323 e. The molecule has 1 rings (SSSR count). The largest absolute Gasteiger partial charge is 0.323 e. The minimum atomic E-state index is -3.15. The molecule has 9 heteroatoms. The van der Waals surface area contributed by atoms with E-state index in [1.807, 2.05) is 0 Å². The number of nitrogen functional groups attached to an aromatic ring is 1. The van der Waals surface area contributed by atoms with E-state index >= 15 is 0 Å². The standard InChI is InChI=1S/C6H13N7OS/c1-13(2)6-11-4(3-15(8,9)14)10-5(7)12-6/h3H2,1-2H3,(H3,8,9,14)(H2,7,10,11,12)/p+1.